The predicted molar refractivity (Wildman–Crippen MR) is 216 cm³/mol. The van der Waals surface area contributed by atoms with Crippen LogP contribution in [0.3, 0.4) is 0 Å². The Kier molecular flexibility index (Phi) is 9.65. The van der Waals surface area contributed by atoms with Gasteiger partial charge in [0.1, 0.15) is 17.5 Å². The summed E-state index contributed by atoms with van der Waals surface area (Å²) in [6, 6.07) is 11.6. The van der Waals surface area contributed by atoms with Gasteiger partial charge in [-0.2, -0.15) is 0 Å². The molecule has 1 unspecified atom stereocenters. The zero-order valence-electron chi connectivity index (χ0n) is 32.5. The van der Waals surface area contributed by atoms with Gasteiger partial charge in [-0.1, -0.05) is 6.07 Å². The van der Waals surface area contributed by atoms with Gasteiger partial charge >= 0.3 is 0 Å². The molecule has 9 rings (SSSR count). The normalized spacial score (nSPS) is 21.8. The average Bonchev–Trinajstić information content (AvgIpc) is 3.81. The molecule has 7 heterocycles. The van der Waals surface area contributed by atoms with Crippen LogP contribution in [0.4, 0.5) is 5.69 Å². The van der Waals surface area contributed by atoms with E-state index < -0.39 is 6.04 Å². The highest BCUT2D eigenvalue weighted by atomic mass is 32.1. The number of nitrogens with one attached hydrogen (secondary N) is 1. The van der Waals surface area contributed by atoms with Gasteiger partial charge in [0, 0.05) is 79.3 Å². The molecule has 0 saturated carbocycles. The van der Waals surface area contributed by atoms with Gasteiger partial charge in [-0.15, -0.1) is 11.3 Å². The first kappa shape index (κ1) is 36.9. The van der Waals surface area contributed by atoms with E-state index >= 15 is 0 Å². The highest BCUT2D eigenvalue weighted by Crippen LogP contribution is 2.44. The summed E-state index contributed by atoms with van der Waals surface area (Å²) < 4.78 is 14.5. The number of hydrogen-bond acceptors (Lipinski definition) is 10. The maximum absolute atomic E-state index is 13.4. The molecule has 0 bridgehead atoms. The molecule has 5 aliphatic heterocycles. The fourth-order valence-electron chi connectivity index (χ4n) is 9.82. The van der Waals surface area contributed by atoms with Crippen molar-refractivity contribution in [2.75, 3.05) is 64.9 Å². The van der Waals surface area contributed by atoms with Crippen molar-refractivity contribution >= 4 is 44.8 Å². The molecule has 13 heteroatoms. The van der Waals surface area contributed by atoms with E-state index in [1.807, 2.05) is 29.8 Å². The summed E-state index contributed by atoms with van der Waals surface area (Å²) in [6.45, 7) is 8.70. The molecule has 3 amide bonds. The molecule has 294 valence electrons. The van der Waals surface area contributed by atoms with E-state index in [1.54, 1.807) is 42.1 Å². The molecule has 56 heavy (non-hydrogen) atoms. The van der Waals surface area contributed by atoms with Gasteiger partial charge in [-0.25, -0.2) is 0 Å². The molecule has 4 aromatic rings. The molecule has 0 radical (unpaired) electrons. The molecule has 1 atom stereocenters. The molecule has 1 spiro atoms. The second kappa shape index (κ2) is 14.7. The number of nitrogens with zero attached hydrogens (tertiary/aromatic N) is 5. The van der Waals surface area contributed by atoms with Gasteiger partial charge in [0.05, 0.1) is 25.2 Å². The number of piperidine rings is 3. The fraction of sp³-hybridized carbons (Fsp3) is 0.488. The van der Waals surface area contributed by atoms with Crippen LogP contribution in [-0.4, -0.2) is 103 Å². The van der Waals surface area contributed by atoms with Gasteiger partial charge < -0.3 is 28.7 Å². The summed E-state index contributed by atoms with van der Waals surface area (Å²) in [5.41, 5.74) is 6.09. The summed E-state index contributed by atoms with van der Waals surface area (Å²) in [4.78, 5) is 59.4. The maximum Gasteiger partial charge on any atom is 0.259 e. The van der Waals surface area contributed by atoms with Crippen LogP contribution >= 0.6 is 11.3 Å². The number of anilines is 1. The van der Waals surface area contributed by atoms with Gasteiger partial charge in [0.2, 0.25) is 11.8 Å². The summed E-state index contributed by atoms with van der Waals surface area (Å²) >= 11 is 1.58. The molecule has 4 fully saturated rings. The first-order chi connectivity index (χ1) is 27.1. The zero-order valence-corrected chi connectivity index (χ0v) is 33.3. The Morgan fingerprint density at radius 1 is 0.875 bits per heavy atom. The second-order valence-corrected chi connectivity index (χ2v) is 17.5. The first-order valence-corrected chi connectivity index (χ1v) is 20.8. The number of benzene rings is 2. The SMILES string of the molecule is COc1cc(-c2cn(C)c(=O)c3ccsc23)cc(OC)c1CN1CCC(CN2CCC3(CC2)CN(c2ccc4c(c2)C(=O)N(C2CCC(=O)NC2=O)C4)C3)CC1. The van der Waals surface area contributed by atoms with Gasteiger partial charge in [0.15, 0.2) is 0 Å². The Labute approximate surface area is 330 Å². The number of hydrogen-bond donors (Lipinski definition) is 1. The van der Waals surface area contributed by atoms with Gasteiger partial charge in [0.25, 0.3) is 11.5 Å². The molecular formula is C43H50N6O6S. The number of likely N-dealkylation sites (tertiary alicyclic amines) is 2. The molecule has 0 aliphatic carbocycles. The van der Waals surface area contributed by atoms with Crippen molar-refractivity contribution in [2.45, 2.75) is 57.7 Å². The molecule has 5 aliphatic rings. The van der Waals surface area contributed by atoms with E-state index in [0.29, 0.717) is 29.9 Å². The van der Waals surface area contributed by atoms with E-state index in [-0.39, 0.29) is 29.7 Å². The minimum atomic E-state index is -0.586. The van der Waals surface area contributed by atoms with Crippen LogP contribution in [0.1, 0.15) is 60.0 Å². The highest BCUT2D eigenvalue weighted by molar-refractivity contribution is 7.17. The lowest BCUT2D eigenvalue weighted by molar-refractivity contribution is -0.136. The summed E-state index contributed by atoms with van der Waals surface area (Å²) in [7, 11) is 5.23. The van der Waals surface area contributed by atoms with Crippen molar-refractivity contribution in [3.63, 3.8) is 0 Å². The lowest BCUT2D eigenvalue weighted by Gasteiger charge is -2.55. The summed E-state index contributed by atoms with van der Waals surface area (Å²) in [5, 5.41) is 5.09. The van der Waals surface area contributed by atoms with Crippen molar-refractivity contribution in [3.05, 3.63) is 75.0 Å². The number of aryl methyl sites for hydroxylation is 1. The standard InChI is InChI=1S/C43H50N6O6S/c1-45-23-33(39-31(41(45)52)10-17-56-39)29-18-36(54-2)34(37(19-29)55-3)24-46-13-8-27(9-14-46)21-47-15-11-43(12-16-47)25-48(26-43)30-5-4-28-22-49(42(53)32(28)20-30)35-6-7-38(50)44-40(35)51/h4-5,10,17-20,23,27,35H,6-9,11-16,21-22,24-26H2,1-3H3,(H,44,50,51). The van der Waals surface area contributed by atoms with Crippen LogP contribution in [0.5, 0.6) is 11.5 Å². The smallest absolute Gasteiger partial charge is 0.259 e. The van der Waals surface area contributed by atoms with E-state index in [2.05, 4.69) is 38.2 Å². The van der Waals surface area contributed by atoms with Crippen LogP contribution < -0.4 is 25.2 Å². The third-order valence-electron chi connectivity index (χ3n) is 13.2. The Morgan fingerprint density at radius 3 is 2.30 bits per heavy atom. The Balaban J connectivity index is 0.761. The Morgan fingerprint density at radius 2 is 1.61 bits per heavy atom. The number of carbonyl (C=O) groups excluding carboxylic acids is 3. The van der Waals surface area contributed by atoms with Gasteiger partial charge in [-0.05, 0) is 111 Å². The topological polar surface area (TPSA) is 117 Å². The second-order valence-electron chi connectivity index (χ2n) is 16.6. The van der Waals surface area contributed by atoms with Gasteiger partial charge in [-0.3, -0.25) is 29.4 Å². The fourth-order valence-corrected chi connectivity index (χ4v) is 10.7. The molecule has 1 N–H and O–H groups in total. The predicted octanol–water partition coefficient (Wildman–Crippen LogP) is 4.86. The van der Waals surface area contributed by atoms with E-state index in [9.17, 15) is 19.2 Å². The summed E-state index contributed by atoms with van der Waals surface area (Å²) in [6.07, 6.45) is 7.28. The van der Waals surface area contributed by atoms with Crippen LogP contribution in [0.15, 0.2) is 52.8 Å². The van der Waals surface area contributed by atoms with Crippen LogP contribution in [0.25, 0.3) is 21.2 Å². The first-order valence-electron chi connectivity index (χ1n) is 19.9. The third-order valence-corrected chi connectivity index (χ3v) is 14.1. The number of amides is 3. The van der Waals surface area contributed by atoms with E-state index in [1.165, 1.54) is 25.7 Å². The number of ether oxygens (including phenoxy) is 2. The van der Waals surface area contributed by atoms with Crippen molar-refractivity contribution in [2.24, 2.45) is 18.4 Å². The number of fused-ring (bicyclic) bond motifs is 2. The number of pyridine rings is 1. The number of thiophene rings is 1. The monoisotopic (exact) mass is 778 g/mol. The molecule has 2 aromatic carbocycles. The van der Waals surface area contributed by atoms with Crippen LogP contribution in [0.2, 0.25) is 0 Å². The van der Waals surface area contributed by atoms with Crippen LogP contribution in [0, 0.1) is 11.3 Å². The third kappa shape index (κ3) is 6.67. The maximum atomic E-state index is 13.4. The Hall–Kier alpha value is -4.72. The number of aromatic nitrogens is 1. The lowest BCUT2D eigenvalue weighted by Crippen LogP contribution is -2.60. The largest absolute Gasteiger partial charge is 0.496 e. The zero-order chi connectivity index (χ0) is 38.7. The molecular weight excluding hydrogens is 729 g/mol. The number of carbonyl (C=O) groups is 3. The quantitative estimate of drug-likeness (QED) is 0.238. The van der Waals surface area contributed by atoms with Crippen molar-refractivity contribution in [3.8, 4) is 22.6 Å². The number of imide groups is 1. The molecule has 12 nitrogen and oxygen atoms in total. The average molecular weight is 779 g/mol. The van der Waals surface area contributed by atoms with E-state index in [0.717, 1.165) is 102 Å². The van der Waals surface area contributed by atoms with Crippen molar-refractivity contribution in [1.82, 2.24) is 24.6 Å². The number of methoxy groups -OCH3 is 2. The Bertz CT molecular complexity index is 2230. The molecule has 4 saturated heterocycles. The van der Waals surface area contributed by atoms with E-state index in [4.69, 9.17) is 9.47 Å². The minimum Gasteiger partial charge on any atom is -0.496 e. The number of rotatable bonds is 9. The van der Waals surface area contributed by atoms with Crippen LogP contribution in [-0.2, 0) is 29.7 Å². The highest BCUT2D eigenvalue weighted by Gasteiger charge is 2.46. The lowest BCUT2D eigenvalue weighted by atomic mass is 9.71. The summed E-state index contributed by atoms with van der Waals surface area (Å²) in [5.74, 6) is 1.54. The van der Waals surface area contributed by atoms with Crippen molar-refractivity contribution in [1.29, 1.82) is 0 Å². The minimum absolute atomic E-state index is 0.00890. The molecule has 2 aromatic heterocycles. The van der Waals surface area contributed by atoms with Crippen molar-refractivity contribution < 1.29 is 23.9 Å².